The number of hydrogen-bond acceptors (Lipinski definition) is 2. The van der Waals surface area contributed by atoms with Gasteiger partial charge in [0.05, 0.1) is 0 Å². The van der Waals surface area contributed by atoms with Gasteiger partial charge in [-0.3, -0.25) is 4.79 Å². The van der Waals surface area contributed by atoms with Gasteiger partial charge in [0, 0.05) is 12.5 Å². The van der Waals surface area contributed by atoms with Crippen LogP contribution in [0, 0.1) is 29.1 Å². The average Bonchev–Trinajstić information content (AvgIpc) is 2.93. The summed E-state index contributed by atoms with van der Waals surface area (Å²) in [5.41, 5.74) is 0.649. The molecule has 0 aromatic rings. The fraction of sp³-hybridized carbons (Fsp3) is 0.895. The zero-order valence-electron chi connectivity index (χ0n) is 16.2. The Bertz CT molecular complexity index is 475. The van der Waals surface area contributed by atoms with Gasteiger partial charge in [-0.1, -0.05) is 40.5 Å². The van der Waals surface area contributed by atoms with E-state index < -0.39 is 12.1 Å². The number of halogens is 3. The molecule has 1 amide bonds. The molecule has 7 heteroatoms. The largest absolute Gasteiger partial charge is 0.490 e. The molecule has 2 aliphatic carbocycles. The van der Waals surface area contributed by atoms with Crippen molar-refractivity contribution in [1.82, 2.24) is 5.32 Å². The third-order valence-electron chi connectivity index (χ3n) is 5.51. The van der Waals surface area contributed by atoms with Gasteiger partial charge in [-0.25, -0.2) is 4.79 Å². The van der Waals surface area contributed by atoms with Crippen LogP contribution in [0.4, 0.5) is 13.2 Å². The van der Waals surface area contributed by atoms with Crippen molar-refractivity contribution in [1.29, 1.82) is 0 Å². The Hall–Kier alpha value is -1.27. The first kappa shape index (κ1) is 22.8. The highest BCUT2D eigenvalue weighted by Crippen LogP contribution is 2.58. The molecular formula is C19H32F3NO3. The molecular weight excluding hydrogens is 347 g/mol. The maximum atomic E-state index is 12.4. The van der Waals surface area contributed by atoms with Crippen molar-refractivity contribution in [2.24, 2.45) is 29.1 Å². The van der Waals surface area contributed by atoms with Gasteiger partial charge in [0.2, 0.25) is 5.91 Å². The van der Waals surface area contributed by atoms with Gasteiger partial charge >= 0.3 is 12.1 Å². The summed E-state index contributed by atoms with van der Waals surface area (Å²) in [6.07, 6.45) is 3.21. The normalized spacial score (nSPS) is 20.5. The van der Waals surface area contributed by atoms with Gasteiger partial charge in [0.1, 0.15) is 0 Å². The fourth-order valence-electron chi connectivity index (χ4n) is 4.32. The lowest BCUT2D eigenvalue weighted by molar-refractivity contribution is -0.192. The summed E-state index contributed by atoms with van der Waals surface area (Å²) in [4.78, 5) is 21.3. The highest BCUT2D eigenvalue weighted by atomic mass is 19.4. The van der Waals surface area contributed by atoms with Crippen LogP contribution in [0.3, 0.4) is 0 Å². The fourth-order valence-corrected chi connectivity index (χ4v) is 4.32. The van der Waals surface area contributed by atoms with E-state index in [1.54, 1.807) is 0 Å². The minimum absolute atomic E-state index is 0.241. The highest BCUT2D eigenvalue weighted by Gasteiger charge is 2.50. The molecule has 4 nitrogen and oxygen atoms in total. The van der Waals surface area contributed by atoms with Gasteiger partial charge in [0.25, 0.3) is 0 Å². The summed E-state index contributed by atoms with van der Waals surface area (Å²) >= 11 is 0. The maximum absolute atomic E-state index is 12.4. The standard InChI is InChI=1S/C17H31NO.C2HF3O2/c1-12(2)11-18-16(19)15(13(3)4)14-9-17(10-14)7-5-6-8-17;3-2(4,5)1(6)7/h12-15H,5-11H2,1-4H3,(H,18,19);(H,6,7)/t15-;/m1./s1. The van der Waals surface area contributed by atoms with Crippen LogP contribution in [0.5, 0.6) is 0 Å². The van der Waals surface area contributed by atoms with E-state index in [4.69, 9.17) is 9.90 Å². The van der Waals surface area contributed by atoms with Crippen molar-refractivity contribution in [2.75, 3.05) is 6.54 Å². The quantitative estimate of drug-likeness (QED) is 0.732. The van der Waals surface area contributed by atoms with Crippen molar-refractivity contribution < 1.29 is 27.9 Å². The van der Waals surface area contributed by atoms with Gasteiger partial charge < -0.3 is 10.4 Å². The van der Waals surface area contributed by atoms with Crippen LogP contribution in [0.25, 0.3) is 0 Å². The zero-order chi connectivity index (χ0) is 20.1. The van der Waals surface area contributed by atoms with Gasteiger partial charge in [-0.2, -0.15) is 13.2 Å². The van der Waals surface area contributed by atoms with Crippen LogP contribution in [-0.2, 0) is 9.59 Å². The molecule has 0 aromatic carbocycles. The van der Waals surface area contributed by atoms with Gasteiger partial charge in [-0.05, 0) is 48.9 Å². The third-order valence-corrected chi connectivity index (χ3v) is 5.51. The lowest BCUT2D eigenvalue weighted by Gasteiger charge is -2.49. The first-order chi connectivity index (χ1) is 11.9. The van der Waals surface area contributed by atoms with Crippen molar-refractivity contribution in [3.63, 3.8) is 0 Å². The van der Waals surface area contributed by atoms with Crippen molar-refractivity contribution in [3.05, 3.63) is 0 Å². The number of carbonyl (C=O) groups excluding carboxylic acids is 1. The molecule has 2 N–H and O–H groups in total. The van der Waals surface area contributed by atoms with Crippen LogP contribution in [0.2, 0.25) is 0 Å². The molecule has 0 saturated heterocycles. The number of aliphatic carboxylic acids is 1. The molecule has 0 heterocycles. The number of amides is 1. The van der Waals surface area contributed by atoms with E-state index in [2.05, 4.69) is 33.0 Å². The van der Waals surface area contributed by atoms with E-state index >= 15 is 0 Å². The van der Waals surface area contributed by atoms with E-state index in [0.29, 0.717) is 29.1 Å². The van der Waals surface area contributed by atoms with Crippen molar-refractivity contribution >= 4 is 11.9 Å². The Morgan fingerprint density at radius 1 is 1.12 bits per heavy atom. The van der Waals surface area contributed by atoms with Crippen molar-refractivity contribution in [3.8, 4) is 0 Å². The monoisotopic (exact) mass is 379 g/mol. The molecule has 0 aromatic heterocycles. The van der Waals surface area contributed by atoms with E-state index in [1.165, 1.54) is 38.5 Å². The summed E-state index contributed by atoms with van der Waals surface area (Å²) < 4.78 is 31.7. The molecule has 0 unspecified atom stereocenters. The predicted molar refractivity (Wildman–Crippen MR) is 93.5 cm³/mol. The Morgan fingerprint density at radius 2 is 1.58 bits per heavy atom. The Balaban J connectivity index is 0.000000412. The molecule has 0 aliphatic heterocycles. The van der Waals surface area contributed by atoms with E-state index in [1.807, 2.05) is 0 Å². The lowest BCUT2D eigenvalue weighted by atomic mass is 9.56. The average molecular weight is 379 g/mol. The molecule has 2 saturated carbocycles. The number of carbonyl (C=O) groups is 2. The van der Waals surface area contributed by atoms with Crippen LogP contribution in [-0.4, -0.2) is 29.7 Å². The molecule has 0 radical (unpaired) electrons. The molecule has 0 bridgehead atoms. The number of hydrogen-bond donors (Lipinski definition) is 2. The summed E-state index contributed by atoms with van der Waals surface area (Å²) in [6.45, 7) is 9.54. The topological polar surface area (TPSA) is 66.4 Å². The second-order valence-electron chi connectivity index (χ2n) is 8.59. The zero-order valence-corrected chi connectivity index (χ0v) is 16.2. The molecule has 1 spiro atoms. The van der Waals surface area contributed by atoms with Gasteiger partial charge in [0.15, 0.2) is 0 Å². The molecule has 152 valence electrons. The summed E-state index contributed by atoms with van der Waals surface area (Å²) in [5, 5.41) is 10.3. The second kappa shape index (κ2) is 9.09. The first-order valence-corrected chi connectivity index (χ1v) is 9.46. The van der Waals surface area contributed by atoms with E-state index in [9.17, 15) is 18.0 Å². The minimum Gasteiger partial charge on any atom is -0.475 e. The molecule has 2 fully saturated rings. The summed E-state index contributed by atoms with van der Waals surface area (Å²) in [7, 11) is 0. The maximum Gasteiger partial charge on any atom is 0.490 e. The first-order valence-electron chi connectivity index (χ1n) is 9.46. The predicted octanol–water partition coefficient (Wildman–Crippen LogP) is 4.63. The number of nitrogens with one attached hydrogen (secondary N) is 1. The summed E-state index contributed by atoms with van der Waals surface area (Å²) in [5.74, 6) is -0.556. The van der Waals surface area contributed by atoms with Crippen LogP contribution in [0.1, 0.15) is 66.2 Å². The van der Waals surface area contributed by atoms with E-state index in [0.717, 1.165) is 6.54 Å². The Morgan fingerprint density at radius 3 is 1.92 bits per heavy atom. The van der Waals surface area contributed by atoms with Crippen LogP contribution >= 0.6 is 0 Å². The Labute approximate surface area is 153 Å². The number of rotatable bonds is 5. The number of carboxylic acids is 1. The van der Waals surface area contributed by atoms with Crippen LogP contribution < -0.4 is 5.32 Å². The molecule has 26 heavy (non-hydrogen) atoms. The van der Waals surface area contributed by atoms with Gasteiger partial charge in [-0.15, -0.1) is 0 Å². The lowest BCUT2D eigenvalue weighted by Crippen LogP contribution is -2.47. The minimum atomic E-state index is -5.08. The third kappa shape index (κ3) is 6.47. The van der Waals surface area contributed by atoms with E-state index in [-0.39, 0.29) is 5.92 Å². The van der Waals surface area contributed by atoms with Crippen LogP contribution in [0.15, 0.2) is 0 Å². The molecule has 2 rings (SSSR count). The smallest absolute Gasteiger partial charge is 0.475 e. The second-order valence-corrected chi connectivity index (χ2v) is 8.59. The Kier molecular flexibility index (Phi) is 7.96. The molecule has 2 aliphatic rings. The highest BCUT2D eigenvalue weighted by molar-refractivity contribution is 5.79. The number of alkyl halides is 3. The number of carboxylic acid groups (broad SMARTS) is 1. The molecule has 1 atom stereocenters. The van der Waals surface area contributed by atoms with Crippen molar-refractivity contribution in [2.45, 2.75) is 72.4 Å². The summed E-state index contributed by atoms with van der Waals surface area (Å²) in [6, 6.07) is 0. The SMILES string of the molecule is CC(C)CNC(=O)[C@H](C(C)C)C1CC2(CCCC2)C1.O=C(O)C(F)(F)F.